The van der Waals surface area contributed by atoms with Crippen LogP contribution in [0.3, 0.4) is 0 Å². The van der Waals surface area contributed by atoms with Gasteiger partial charge in [-0.3, -0.25) is 9.59 Å². The van der Waals surface area contributed by atoms with Gasteiger partial charge in [0.05, 0.1) is 0 Å². The first-order valence-electron chi connectivity index (χ1n) is 8.14. The van der Waals surface area contributed by atoms with Gasteiger partial charge >= 0.3 is 0 Å². The van der Waals surface area contributed by atoms with Crippen LogP contribution in [0.25, 0.3) is 0 Å². The number of rotatable bonds is 8. The number of aromatic nitrogens is 1. The van der Waals surface area contributed by atoms with Gasteiger partial charge in [-0.1, -0.05) is 36.4 Å². The van der Waals surface area contributed by atoms with Gasteiger partial charge in [-0.2, -0.15) is 0 Å². The number of benzene rings is 1. The normalized spacial score (nSPS) is 10.5. The molecular weight excluding hydrogens is 288 g/mol. The third-order valence-electron chi connectivity index (χ3n) is 3.88. The molecule has 0 spiro atoms. The van der Waals surface area contributed by atoms with Crippen molar-refractivity contribution in [3.8, 4) is 0 Å². The maximum atomic E-state index is 11.8. The topological polar surface area (TPSA) is 51.1 Å². The van der Waals surface area contributed by atoms with Crippen LogP contribution >= 0.6 is 0 Å². The fourth-order valence-corrected chi connectivity index (χ4v) is 2.52. The van der Waals surface area contributed by atoms with Crippen molar-refractivity contribution in [1.29, 1.82) is 0 Å². The summed E-state index contributed by atoms with van der Waals surface area (Å²) in [6.45, 7) is 3.30. The Morgan fingerprint density at radius 1 is 1.04 bits per heavy atom. The van der Waals surface area contributed by atoms with Crippen LogP contribution in [0.2, 0.25) is 0 Å². The van der Waals surface area contributed by atoms with Crippen LogP contribution < -0.4 is 10.9 Å². The summed E-state index contributed by atoms with van der Waals surface area (Å²) in [5.74, 6) is 0.0851. The van der Waals surface area contributed by atoms with E-state index in [0.29, 0.717) is 19.5 Å². The Balaban J connectivity index is 1.62. The average Bonchev–Trinajstić information content (AvgIpc) is 2.56. The second kappa shape index (κ2) is 8.93. The molecule has 4 nitrogen and oxygen atoms in total. The number of carbonyl (C=O) groups is 1. The standard InChI is InChI=1S/C19H24N2O2/c1-16-8-7-11-19(23)21(16)15-6-5-14-20-18(22)13-12-17-9-3-2-4-10-17/h2-4,7-11H,5-6,12-15H2,1H3,(H,20,22). The summed E-state index contributed by atoms with van der Waals surface area (Å²) in [6.07, 6.45) is 3.04. The quantitative estimate of drug-likeness (QED) is 0.762. The lowest BCUT2D eigenvalue weighted by molar-refractivity contribution is -0.121. The van der Waals surface area contributed by atoms with E-state index in [-0.39, 0.29) is 11.5 Å². The molecule has 4 heteroatoms. The second-order valence-electron chi connectivity index (χ2n) is 5.70. The van der Waals surface area contributed by atoms with Crippen molar-refractivity contribution in [2.24, 2.45) is 0 Å². The molecule has 1 heterocycles. The molecule has 23 heavy (non-hydrogen) atoms. The molecule has 0 aliphatic carbocycles. The summed E-state index contributed by atoms with van der Waals surface area (Å²) in [5, 5.41) is 2.94. The van der Waals surface area contributed by atoms with E-state index >= 15 is 0 Å². The molecule has 1 aromatic heterocycles. The Hall–Kier alpha value is -2.36. The van der Waals surface area contributed by atoms with Crippen LogP contribution in [0.15, 0.2) is 53.3 Å². The monoisotopic (exact) mass is 312 g/mol. The Morgan fingerprint density at radius 2 is 1.83 bits per heavy atom. The maximum Gasteiger partial charge on any atom is 0.250 e. The molecule has 0 unspecified atom stereocenters. The fourth-order valence-electron chi connectivity index (χ4n) is 2.52. The Morgan fingerprint density at radius 3 is 2.57 bits per heavy atom. The summed E-state index contributed by atoms with van der Waals surface area (Å²) in [6, 6.07) is 15.3. The van der Waals surface area contributed by atoms with E-state index in [0.717, 1.165) is 25.0 Å². The van der Waals surface area contributed by atoms with Crippen molar-refractivity contribution in [2.75, 3.05) is 6.54 Å². The molecule has 0 saturated carbocycles. The van der Waals surface area contributed by atoms with Crippen LogP contribution in [-0.2, 0) is 17.8 Å². The molecule has 1 aromatic carbocycles. The predicted molar refractivity (Wildman–Crippen MR) is 92.4 cm³/mol. The van der Waals surface area contributed by atoms with Gasteiger partial charge in [0, 0.05) is 31.3 Å². The van der Waals surface area contributed by atoms with E-state index in [9.17, 15) is 9.59 Å². The molecule has 0 bridgehead atoms. The Labute approximate surface area is 137 Å². The molecule has 1 N–H and O–H groups in total. The Bertz CT molecular complexity index is 677. The molecule has 2 rings (SSSR count). The largest absolute Gasteiger partial charge is 0.356 e. The SMILES string of the molecule is Cc1cccc(=O)n1CCCCNC(=O)CCc1ccccc1. The van der Waals surface area contributed by atoms with E-state index in [4.69, 9.17) is 0 Å². The minimum atomic E-state index is 0.0388. The minimum absolute atomic E-state index is 0.0388. The Kier molecular flexibility index (Phi) is 6.60. The van der Waals surface area contributed by atoms with Gasteiger partial charge in [0.15, 0.2) is 0 Å². The number of carbonyl (C=O) groups excluding carboxylic acids is 1. The lowest BCUT2D eigenvalue weighted by Crippen LogP contribution is -2.25. The van der Waals surface area contributed by atoms with Gasteiger partial charge in [0.2, 0.25) is 5.91 Å². The van der Waals surface area contributed by atoms with Gasteiger partial charge in [0.25, 0.3) is 5.56 Å². The molecule has 0 atom stereocenters. The van der Waals surface area contributed by atoms with Crippen molar-refractivity contribution in [3.63, 3.8) is 0 Å². The van der Waals surface area contributed by atoms with Gasteiger partial charge in [-0.15, -0.1) is 0 Å². The van der Waals surface area contributed by atoms with E-state index in [1.54, 1.807) is 16.7 Å². The molecular formula is C19H24N2O2. The highest BCUT2D eigenvalue weighted by molar-refractivity contribution is 5.76. The fraction of sp³-hybridized carbons (Fsp3) is 0.368. The second-order valence-corrected chi connectivity index (χ2v) is 5.70. The molecule has 0 aliphatic heterocycles. The molecule has 0 aliphatic rings. The molecule has 0 saturated heterocycles. The number of nitrogens with one attached hydrogen (secondary N) is 1. The zero-order valence-electron chi connectivity index (χ0n) is 13.6. The third-order valence-corrected chi connectivity index (χ3v) is 3.88. The molecule has 0 radical (unpaired) electrons. The molecule has 122 valence electrons. The predicted octanol–water partition coefficient (Wildman–Crippen LogP) is 2.69. The van der Waals surface area contributed by atoms with Gasteiger partial charge in [-0.05, 0) is 37.8 Å². The van der Waals surface area contributed by atoms with Crippen LogP contribution in [0.4, 0.5) is 0 Å². The molecule has 1 amide bonds. The minimum Gasteiger partial charge on any atom is -0.356 e. The zero-order chi connectivity index (χ0) is 16.5. The van der Waals surface area contributed by atoms with Crippen molar-refractivity contribution in [1.82, 2.24) is 9.88 Å². The van der Waals surface area contributed by atoms with E-state index in [1.165, 1.54) is 5.56 Å². The summed E-state index contributed by atoms with van der Waals surface area (Å²) in [4.78, 5) is 23.5. The highest BCUT2D eigenvalue weighted by atomic mass is 16.1. The summed E-state index contributed by atoms with van der Waals surface area (Å²) in [7, 11) is 0. The van der Waals surface area contributed by atoms with Crippen LogP contribution in [0.5, 0.6) is 0 Å². The number of hydrogen-bond donors (Lipinski definition) is 1. The average molecular weight is 312 g/mol. The number of unbranched alkanes of at least 4 members (excludes halogenated alkanes) is 1. The number of hydrogen-bond acceptors (Lipinski definition) is 2. The third kappa shape index (κ3) is 5.74. The van der Waals surface area contributed by atoms with Gasteiger partial charge in [0.1, 0.15) is 0 Å². The number of pyridine rings is 1. The van der Waals surface area contributed by atoms with E-state index in [2.05, 4.69) is 5.32 Å². The summed E-state index contributed by atoms with van der Waals surface area (Å²) < 4.78 is 1.78. The van der Waals surface area contributed by atoms with Crippen molar-refractivity contribution in [3.05, 3.63) is 70.1 Å². The zero-order valence-corrected chi connectivity index (χ0v) is 13.6. The number of amides is 1. The van der Waals surface area contributed by atoms with Crippen LogP contribution in [0, 0.1) is 6.92 Å². The van der Waals surface area contributed by atoms with E-state index < -0.39 is 0 Å². The van der Waals surface area contributed by atoms with Crippen molar-refractivity contribution < 1.29 is 4.79 Å². The highest BCUT2D eigenvalue weighted by Gasteiger charge is 2.02. The first-order valence-corrected chi connectivity index (χ1v) is 8.14. The lowest BCUT2D eigenvalue weighted by atomic mass is 10.1. The van der Waals surface area contributed by atoms with E-state index in [1.807, 2.05) is 43.3 Å². The summed E-state index contributed by atoms with van der Waals surface area (Å²) >= 11 is 0. The smallest absolute Gasteiger partial charge is 0.250 e. The van der Waals surface area contributed by atoms with Crippen LogP contribution in [-0.4, -0.2) is 17.0 Å². The first kappa shape index (κ1) is 17.0. The van der Waals surface area contributed by atoms with Crippen molar-refractivity contribution >= 4 is 5.91 Å². The lowest BCUT2D eigenvalue weighted by Gasteiger charge is -2.09. The molecule has 2 aromatic rings. The first-order chi connectivity index (χ1) is 11.2. The van der Waals surface area contributed by atoms with Gasteiger partial charge in [-0.25, -0.2) is 0 Å². The van der Waals surface area contributed by atoms with Crippen LogP contribution in [0.1, 0.15) is 30.5 Å². The number of nitrogens with zero attached hydrogens (tertiary/aromatic N) is 1. The molecule has 0 fully saturated rings. The van der Waals surface area contributed by atoms with Crippen molar-refractivity contribution in [2.45, 2.75) is 39.2 Å². The summed E-state index contributed by atoms with van der Waals surface area (Å²) in [5.41, 5.74) is 2.20. The highest BCUT2D eigenvalue weighted by Crippen LogP contribution is 2.02. The van der Waals surface area contributed by atoms with Gasteiger partial charge < -0.3 is 9.88 Å². The number of aryl methyl sites for hydroxylation is 2. The maximum absolute atomic E-state index is 11.8.